The van der Waals surface area contributed by atoms with E-state index in [-0.39, 0.29) is 5.66 Å². The average Bonchev–Trinajstić information content (AvgIpc) is 2.76. The van der Waals surface area contributed by atoms with Crippen LogP contribution in [0, 0.1) is 0 Å². The molecule has 5 N–H and O–H groups in total. The van der Waals surface area contributed by atoms with Crippen molar-refractivity contribution in [3.05, 3.63) is 90.5 Å². The molecule has 3 nitrogen and oxygen atoms in total. The molecule has 0 spiro atoms. The second-order valence-corrected chi connectivity index (χ2v) is 10.6. The molecule has 0 aromatic heterocycles. The third kappa shape index (κ3) is 6.40. The molecular formula is C26H33N2OP. The molecule has 0 amide bonds. The summed E-state index contributed by atoms with van der Waals surface area (Å²) in [7, 11) is -0.480. The highest BCUT2D eigenvalue weighted by atomic mass is 31.1. The Hall–Kier alpha value is -2.19. The fourth-order valence-corrected chi connectivity index (χ4v) is 6.53. The molecule has 1 unspecified atom stereocenters. The van der Waals surface area contributed by atoms with E-state index < -0.39 is 7.92 Å². The van der Waals surface area contributed by atoms with E-state index in [0.717, 1.165) is 12.8 Å². The van der Waals surface area contributed by atoms with E-state index in [4.69, 9.17) is 11.5 Å². The molecule has 0 saturated heterocycles. The molecule has 1 saturated carbocycles. The Balaban J connectivity index is 0.000000269. The maximum absolute atomic E-state index is 9.52. The van der Waals surface area contributed by atoms with Crippen LogP contribution in [0.2, 0.25) is 0 Å². The predicted molar refractivity (Wildman–Crippen MR) is 130 cm³/mol. The summed E-state index contributed by atoms with van der Waals surface area (Å²) >= 11 is 0. The van der Waals surface area contributed by atoms with Crippen LogP contribution in [0.5, 0.6) is 5.75 Å². The zero-order valence-corrected chi connectivity index (χ0v) is 18.6. The normalized spacial score (nSPS) is 16.4. The highest BCUT2D eigenvalue weighted by Gasteiger charge is 2.22. The van der Waals surface area contributed by atoms with Crippen LogP contribution >= 0.6 is 7.92 Å². The first kappa shape index (κ1) is 22.5. The molecule has 4 rings (SSSR count). The van der Waals surface area contributed by atoms with E-state index in [1.165, 1.54) is 35.4 Å². The van der Waals surface area contributed by atoms with Crippen molar-refractivity contribution in [1.29, 1.82) is 0 Å². The number of rotatable bonds is 4. The number of aromatic hydroxyl groups is 1. The molecule has 1 fully saturated rings. The Morgan fingerprint density at radius 3 is 1.60 bits per heavy atom. The molecule has 3 aromatic rings. The van der Waals surface area contributed by atoms with Crippen molar-refractivity contribution in [2.45, 2.75) is 50.3 Å². The van der Waals surface area contributed by atoms with Gasteiger partial charge in [0.25, 0.3) is 0 Å². The topological polar surface area (TPSA) is 72.3 Å². The van der Waals surface area contributed by atoms with Gasteiger partial charge < -0.3 is 16.6 Å². The minimum absolute atomic E-state index is 0.319. The van der Waals surface area contributed by atoms with Gasteiger partial charge in [0.05, 0.1) is 5.66 Å². The molecule has 1 atom stereocenters. The molecule has 1 aliphatic carbocycles. The number of phenols is 1. The molecule has 3 aromatic carbocycles. The van der Waals surface area contributed by atoms with Gasteiger partial charge in [0.2, 0.25) is 0 Å². The average molecular weight is 421 g/mol. The largest absolute Gasteiger partial charge is 0.508 e. The Bertz CT molecular complexity index is 834. The predicted octanol–water partition coefficient (Wildman–Crippen LogP) is 5.15. The summed E-state index contributed by atoms with van der Waals surface area (Å²) in [6.07, 6.45) is 5.76. The lowest BCUT2D eigenvalue weighted by molar-refractivity contribution is 0.306. The fraction of sp³-hybridized carbons (Fsp3) is 0.308. The number of nitrogens with two attached hydrogens (primary N) is 2. The minimum atomic E-state index is -0.480. The Morgan fingerprint density at radius 1 is 0.733 bits per heavy atom. The smallest absolute Gasteiger partial charge is 0.115 e. The summed E-state index contributed by atoms with van der Waals surface area (Å²) in [5.41, 5.74) is 12.6. The van der Waals surface area contributed by atoms with Gasteiger partial charge in [0.15, 0.2) is 0 Å². The molecule has 0 radical (unpaired) electrons. The van der Waals surface area contributed by atoms with E-state index >= 15 is 0 Å². The fourth-order valence-electron chi connectivity index (χ4n) is 3.89. The monoisotopic (exact) mass is 420 g/mol. The lowest BCUT2D eigenvalue weighted by Gasteiger charge is -2.28. The van der Waals surface area contributed by atoms with Gasteiger partial charge in [-0.1, -0.05) is 99.0 Å². The quantitative estimate of drug-likeness (QED) is 0.404. The maximum atomic E-state index is 9.52. The van der Waals surface area contributed by atoms with Crippen molar-refractivity contribution in [3.63, 3.8) is 0 Å². The van der Waals surface area contributed by atoms with Crippen LogP contribution < -0.4 is 22.1 Å². The van der Waals surface area contributed by atoms with Gasteiger partial charge in [-0.25, -0.2) is 0 Å². The SMILES string of the molecule is CC(c1ccc(O)cc1)P(c1ccccc1)c1ccccc1.NC1(N)CCCCC1. The summed E-state index contributed by atoms with van der Waals surface area (Å²) in [5, 5.41) is 12.3. The van der Waals surface area contributed by atoms with E-state index in [9.17, 15) is 5.11 Å². The highest BCUT2D eigenvalue weighted by molar-refractivity contribution is 7.73. The third-order valence-electron chi connectivity index (χ3n) is 5.62. The van der Waals surface area contributed by atoms with Crippen molar-refractivity contribution in [1.82, 2.24) is 0 Å². The second kappa shape index (κ2) is 10.7. The van der Waals surface area contributed by atoms with Crippen molar-refractivity contribution < 1.29 is 5.11 Å². The number of hydrogen-bond donors (Lipinski definition) is 3. The van der Waals surface area contributed by atoms with Gasteiger partial charge in [-0.15, -0.1) is 0 Å². The highest BCUT2D eigenvalue weighted by Crippen LogP contribution is 2.49. The van der Waals surface area contributed by atoms with Gasteiger partial charge >= 0.3 is 0 Å². The zero-order valence-electron chi connectivity index (χ0n) is 17.7. The lowest BCUT2D eigenvalue weighted by atomic mass is 9.91. The number of hydrogen-bond acceptors (Lipinski definition) is 3. The van der Waals surface area contributed by atoms with Gasteiger partial charge in [0, 0.05) is 5.66 Å². The Morgan fingerprint density at radius 2 is 1.20 bits per heavy atom. The third-order valence-corrected chi connectivity index (χ3v) is 8.40. The Kier molecular flexibility index (Phi) is 8.04. The first-order valence-corrected chi connectivity index (χ1v) is 12.1. The first-order chi connectivity index (χ1) is 14.5. The molecule has 0 heterocycles. The Labute approximate surface area is 181 Å². The molecule has 158 valence electrons. The summed E-state index contributed by atoms with van der Waals surface area (Å²) in [5.74, 6) is 0.319. The van der Waals surface area contributed by atoms with Crippen LogP contribution in [0.15, 0.2) is 84.9 Å². The summed E-state index contributed by atoms with van der Waals surface area (Å²) in [4.78, 5) is 0. The molecule has 4 heteroatoms. The van der Waals surface area contributed by atoms with Crippen molar-refractivity contribution >= 4 is 18.5 Å². The summed E-state index contributed by atoms with van der Waals surface area (Å²) in [6, 6.07) is 29.0. The van der Waals surface area contributed by atoms with Crippen LogP contribution in [-0.4, -0.2) is 10.8 Å². The molecule has 0 bridgehead atoms. The number of phenolic OH excluding ortho intramolecular Hbond substituents is 1. The summed E-state index contributed by atoms with van der Waals surface area (Å²) in [6.45, 7) is 2.28. The van der Waals surface area contributed by atoms with Gasteiger partial charge in [0.1, 0.15) is 5.75 Å². The van der Waals surface area contributed by atoms with E-state index in [2.05, 4.69) is 67.6 Å². The van der Waals surface area contributed by atoms with Crippen LogP contribution in [-0.2, 0) is 0 Å². The van der Waals surface area contributed by atoms with Crippen LogP contribution in [0.25, 0.3) is 0 Å². The molecule has 0 aliphatic heterocycles. The van der Waals surface area contributed by atoms with Crippen molar-refractivity contribution in [2.75, 3.05) is 0 Å². The van der Waals surface area contributed by atoms with Gasteiger partial charge in [-0.2, -0.15) is 0 Å². The molecular weight excluding hydrogens is 387 g/mol. The van der Waals surface area contributed by atoms with E-state index in [1.54, 1.807) is 12.1 Å². The van der Waals surface area contributed by atoms with Gasteiger partial charge in [-0.05, 0) is 49.1 Å². The zero-order chi connectivity index (χ0) is 21.4. The van der Waals surface area contributed by atoms with Crippen molar-refractivity contribution in [3.8, 4) is 5.75 Å². The van der Waals surface area contributed by atoms with E-state index in [0.29, 0.717) is 11.4 Å². The summed E-state index contributed by atoms with van der Waals surface area (Å²) < 4.78 is 0. The van der Waals surface area contributed by atoms with Crippen LogP contribution in [0.1, 0.15) is 50.3 Å². The number of benzene rings is 3. The lowest BCUT2D eigenvalue weighted by Crippen LogP contribution is -2.50. The van der Waals surface area contributed by atoms with Gasteiger partial charge in [-0.3, -0.25) is 0 Å². The van der Waals surface area contributed by atoms with Crippen LogP contribution in [0.4, 0.5) is 0 Å². The molecule has 30 heavy (non-hydrogen) atoms. The van der Waals surface area contributed by atoms with Crippen molar-refractivity contribution in [2.24, 2.45) is 11.5 Å². The van der Waals surface area contributed by atoms with Crippen LogP contribution in [0.3, 0.4) is 0 Å². The minimum Gasteiger partial charge on any atom is -0.508 e. The maximum Gasteiger partial charge on any atom is 0.115 e. The van der Waals surface area contributed by atoms with E-state index in [1.807, 2.05) is 12.1 Å². The first-order valence-electron chi connectivity index (χ1n) is 10.7. The second-order valence-electron chi connectivity index (χ2n) is 8.10. The standard InChI is InChI=1S/C20H19OP.C6H14N2/c1-16(17-12-14-18(21)15-13-17)22(19-8-4-2-5-9-19)20-10-6-3-7-11-20;7-6(8)4-2-1-3-5-6/h2-16,21H,1H3;1-5,7-8H2. The molecule has 1 aliphatic rings.